The molecule has 2 aromatic heterocycles. The Hall–Kier alpha value is -1.74. The normalized spacial score (nSPS) is 18.3. The van der Waals surface area contributed by atoms with E-state index >= 15 is 0 Å². The molecule has 0 saturated carbocycles. The molecule has 25 heavy (non-hydrogen) atoms. The zero-order valence-corrected chi connectivity index (χ0v) is 15.3. The molecule has 0 aliphatic carbocycles. The summed E-state index contributed by atoms with van der Waals surface area (Å²) in [4.78, 5) is 12.5. The molecule has 0 spiro atoms. The minimum absolute atomic E-state index is 0.0486. The lowest BCUT2D eigenvalue weighted by Crippen LogP contribution is -2.33. The maximum atomic E-state index is 12.5. The molecular weight excluding hydrogens is 347 g/mol. The molecule has 0 amide bonds. The molecule has 1 atom stereocenters. The lowest BCUT2D eigenvalue weighted by molar-refractivity contribution is 0.0787. The molecule has 10 nitrogen and oxygen atoms in total. The lowest BCUT2D eigenvalue weighted by Gasteiger charge is -2.21. The molecule has 0 aromatic carbocycles. The average molecular weight is 370 g/mol. The average Bonchev–Trinajstić information content (AvgIpc) is 3.20. The van der Waals surface area contributed by atoms with Gasteiger partial charge < -0.3 is 24.5 Å². The molecule has 0 radical (unpaired) electrons. The largest absolute Gasteiger partial charge is 0.382 e. The lowest BCUT2D eigenvalue weighted by atomic mass is 10.3. The summed E-state index contributed by atoms with van der Waals surface area (Å²) in [5.41, 5.74) is 7.05. The predicted molar refractivity (Wildman–Crippen MR) is 92.9 cm³/mol. The van der Waals surface area contributed by atoms with Gasteiger partial charge in [-0.2, -0.15) is 0 Å². The van der Waals surface area contributed by atoms with Gasteiger partial charge in [0.15, 0.2) is 17.0 Å². The van der Waals surface area contributed by atoms with Crippen molar-refractivity contribution < 1.29 is 18.3 Å². The molecule has 2 aromatic rings. The van der Waals surface area contributed by atoms with Gasteiger partial charge in [0.2, 0.25) is 0 Å². The van der Waals surface area contributed by atoms with Crippen LogP contribution in [0, 0.1) is 0 Å². The third-order valence-electron chi connectivity index (χ3n) is 3.89. The Morgan fingerprint density at radius 2 is 2.04 bits per heavy atom. The van der Waals surface area contributed by atoms with E-state index in [-0.39, 0.29) is 12.5 Å². The van der Waals surface area contributed by atoms with E-state index in [1.807, 2.05) is 4.68 Å². The van der Waals surface area contributed by atoms with Crippen molar-refractivity contribution in [2.24, 2.45) is 0 Å². The maximum Gasteiger partial charge on any atom is 0.356 e. The second kappa shape index (κ2) is 7.65. The molecule has 138 valence electrons. The summed E-state index contributed by atoms with van der Waals surface area (Å²) in [6, 6.07) is 0. The van der Waals surface area contributed by atoms with Gasteiger partial charge in [0, 0.05) is 6.54 Å². The van der Waals surface area contributed by atoms with E-state index < -0.39 is 7.60 Å². The number of imidazole rings is 1. The van der Waals surface area contributed by atoms with Crippen molar-refractivity contribution in [2.75, 3.05) is 43.4 Å². The minimum atomic E-state index is -3.19. The van der Waals surface area contributed by atoms with Crippen LogP contribution in [0.1, 0.15) is 20.3 Å². The Labute approximate surface area is 145 Å². The van der Waals surface area contributed by atoms with E-state index in [9.17, 15) is 4.57 Å². The highest BCUT2D eigenvalue weighted by atomic mass is 31.2. The fourth-order valence-corrected chi connectivity index (χ4v) is 4.20. The number of aromatic nitrogens is 4. The summed E-state index contributed by atoms with van der Waals surface area (Å²) in [5.74, 6) is 0.352. The number of hydrogen-bond acceptors (Lipinski definition) is 9. The highest BCUT2D eigenvalue weighted by Crippen LogP contribution is 2.48. The van der Waals surface area contributed by atoms with E-state index in [2.05, 4.69) is 20.0 Å². The van der Waals surface area contributed by atoms with Crippen LogP contribution >= 0.6 is 7.60 Å². The second-order valence-electron chi connectivity index (χ2n) is 5.59. The number of hydrogen-bond donors (Lipinski definition) is 1. The molecule has 1 aliphatic heterocycles. The maximum absolute atomic E-state index is 12.5. The zero-order chi connectivity index (χ0) is 17.9. The standard InChI is InChI=1S/C14H23N6O4P/c1-3-23-25(21,24-4-2)10-22-11-5-6-19(7-11)20-9-18-12-13(15)16-8-17-14(12)20/h8-9,11H,3-7,10H2,1-2H3,(H2,15,16,17). The van der Waals surface area contributed by atoms with E-state index in [4.69, 9.17) is 19.5 Å². The first kappa shape index (κ1) is 18.1. The van der Waals surface area contributed by atoms with Gasteiger partial charge in [0.25, 0.3) is 0 Å². The molecule has 3 rings (SSSR count). The van der Waals surface area contributed by atoms with Gasteiger partial charge >= 0.3 is 7.60 Å². The highest BCUT2D eigenvalue weighted by molar-refractivity contribution is 7.53. The molecule has 1 unspecified atom stereocenters. The Kier molecular flexibility index (Phi) is 5.53. The van der Waals surface area contributed by atoms with E-state index in [0.29, 0.717) is 36.7 Å². The van der Waals surface area contributed by atoms with Gasteiger partial charge in [-0.15, -0.1) is 0 Å². The van der Waals surface area contributed by atoms with Crippen molar-refractivity contribution in [3.63, 3.8) is 0 Å². The monoisotopic (exact) mass is 370 g/mol. The third kappa shape index (κ3) is 3.92. The van der Waals surface area contributed by atoms with Gasteiger partial charge in [-0.25, -0.2) is 19.6 Å². The number of nitrogen functional groups attached to an aromatic ring is 1. The zero-order valence-electron chi connectivity index (χ0n) is 14.4. The van der Waals surface area contributed by atoms with E-state index in [0.717, 1.165) is 13.0 Å². The van der Waals surface area contributed by atoms with Gasteiger partial charge in [0.05, 0.1) is 25.9 Å². The predicted octanol–water partition coefficient (Wildman–Crippen LogP) is 1.36. The van der Waals surface area contributed by atoms with Gasteiger partial charge in [-0.3, -0.25) is 4.57 Å². The first-order chi connectivity index (χ1) is 12.1. The van der Waals surface area contributed by atoms with Gasteiger partial charge in [-0.1, -0.05) is 0 Å². The fourth-order valence-electron chi connectivity index (χ4n) is 2.79. The summed E-state index contributed by atoms with van der Waals surface area (Å²) >= 11 is 0. The van der Waals surface area contributed by atoms with Gasteiger partial charge in [-0.05, 0) is 20.3 Å². The first-order valence-electron chi connectivity index (χ1n) is 8.24. The fraction of sp³-hybridized carbons (Fsp3) is 0.643. The van der Waals surface area contributed by atoms with Gasteiger partial charge in [0.1, 0.15) is 19.0 Å². The number of nitrogens with zero attached hydrogens (tertiary/aromatic N) is 5. The number of nitrogens with two attached hydrogens (primary N) is 1. The van der Waals surface area contributed by atoms with Crippen LogP contribution in [-0.4, -0.2) is 58.4 Å². The summed E-state index contributed by atoms with van der Waals surface area (Å²) < 4.78 is 30.6. The summed E-state index contributed by atoms with van der Waals surface area (Å²) in [7, 11) is -3.19. The van der Waals surface area contributed by atoms with Crippen molar-refractivity contribution in [2.45, 2.75) is 26.4 Å². The van der Waals surface area contributed by atoms with Crippen molar-refractivity contribution in [3.8, 4) is 0 Å². The van der Waals surface area contributed by atoms with Crippen LogP contribution in [0.5, 0.6) is 0 Å². The molecule has 2 N–H and O–H groups in total. The second-order valence-corrected chi connectivity index (χ2v) is 7.58. The smallest absolute Gasteiger partial charge is 0.356 e. The number of anilines is 1. The summed E-state index contributed by atoms with van der Waals surface area (Å²) in [5, 5.41) is 2.05. The SMILES string of the molecule is CCOP(=O)(COC1CCN(n2cnc3c(N)ncnc32)C1)OCC. The van der Waals surface area contributed by atoms with Crippen molar-refractivity contribution in [3.05, 3.63) is 12.7 Å². The van der Waals surface area contributed by atoms with E-state index in [1.165, 1.54) is 6.33 Å². The van der Waals surface area contributed by atoms with Crippen LogP contribution < -0.4 is 10.7 Å². The molecule has 3 heterocycles. The third-order valence-corrected chi connectivity index (χ3v) is 5.66. The topological polar surface area (TPSA) is 118 Å². The highest BCUT2D eigenvalue weighted by Gasteiger charge is 2.30. The summed E-state index contributed by atoms with van der Waals surface area (Å²) in [6.07, 6.45) is 3.75. The van der Waals surface area contributed by atoms with Crippen LogP contribution in [-0.2, 0) is 18.3 Å². The van der Waals surface area contributed by atoms with Crippen LogP contribution in [0.15, 0.2) is 12.7 Å². The Morgan fingerprint density at radius 3 is 2.76 bits per heavy atom. The van der Waals surface area contributed by atoms with Crippen LogP contribution in [0.25, 0.3) is 11.2 Å². The Balaban J connectivity index is 1.63. The molecule has 11 heteroatoms. The number of fused-ring (bicyclic) bond motifs is 1. The molecule has 1 fully saturated rings. The van der Waals surface area contributed by atoms with Crippen molar-refractivity contribution in [1.82, 2.24) is 19.6 Å². The molecule has 1 aliphatic rings. The van der Waals surface area contributed by atoms with Crippen LogP contribution in [0.4, 0.5) is 5.82 Å². The Morgan fingerprint density at radius 1 is 1.28 bits per heavy atom. The Bertz CT molecular complexity index is 759. The van der Waals surface area contributed by atoms with Crippen LogP contribution in [0.2, 0.25) is 0 Å². The van der Waals surface area contributed by atoms with E-state index in [1.54, 1.807) is 20.2 Å². The molecule has 1 saturated heterocycles. The first-order valence-corrected chi connectivity index (χ1v) is 9.97. The van der Waals surface area contributed by atoms with Crippen molar-refractivity contribution in [1.29, 1.82) is 0 Å². The molecule has 0 bridgehead atoms. The van der Waals surface area contributed by atoms with Crippen molar-refractivity contribution >= 4 is 24.6 Å². The number of ether oxygens (including phenoxy) is 1. The molecular formula is C14H23N6O4P. The quantitative estimate of drug-likeness (QED) is 0.687. The minimum Gasteiger partial charge on any atom is -0.382 e. The summed E-state index contributed by atoms with van der Waals surface area (Å²) in [6.45, 7) is 5.57. The van der Waals surface area contributed by atoms with Crippen LogP contribution in [0.3, 0.4) is 0 Å². The number of rotatable bonds is 8.